The molecule has 1 saturated heterocycles. The number of carbonyl (C=O) groups is 1. The minimum absolute atomic E-state index is 0.00496. The molecule has 1 aromatic carbocycles. The Balaban J connectivity index is 2.35. The number of rotatable bonds is 5. The van der Waals surface area contributed by atoms with Crippen molar-refractivity contribution in [2.24, 2.45) is 0 Å². The Hall–Kier alpha value is -1.60. The van der Waals surface area contributed by atoms with E-state index >= 15 is 0 Å². The minimum atomic E-state index is -3.83. The Morgan fingerprint density at radius 2 is 2.04 bits per heavy atom. The number of sulfonamides is 1. The highest BCUT2D eigenvalue weighted by Crippen LogP contribution is 2.29. The Labute approximate surface area is 137 Å². The van der Waals surface area contributed by atoms with Crippen molar-refractivity contribution in [3.05, 3.63) is 23.8 Å². The first-order chi connectivity index (χ1) is 10.7. The summed E-state index contributed by atoms with van der Waals surface area (Å²) in [5.41, 5.74) is 0.712. The van der Waals surface area contributed by atoms with Crippen molar-refractivity contribution in [1.29, 1.82) is 0 Å². The summed E-state index contributed by atoms with van der Waals surface area (Å²) in [6.45, 7) is 5.81. The maximum atomic E-state index is 12.8. The SMILES string of the molecule is Cc1cc(S(=O)(=O)N2CCCCC2C(=O)O)ccc1OC(C)C. The van der Waals surface area contributed by atoms with E-state index in [2.05, 4.69) is 0 Å². The van der Waals surface area contributed by atoms with E-state index in [1.165, 1.54) is 6.07 Å². The third-order valence-corrected chi connectivity index (χ3v) is 5.76. The molecule has 1 aliphatic heterocycles. The van der Waals surface area contributed by atoms with E-state index in [1.54, 1.807) is 19.1 Å². The van der Waals surface area contributed by atoms with Crippen LogP contribution in [0.2, 0.25) is 0 Å². The summed E-state index contributed by atoms with van der Waals surface area (Å²) in [6, 6.07) is 3.66. The van der Waals surface area contributed by atoms with Gasteiger partial charge in [0, 0.05) is 6.54 Å². The largest absolute Gasteiger partial charge is 0.491 e. The molecule has 1 atom stereocenters. The van der Waals surface area contributed by atoms with Crippen molar-refractivity contribution in [2.75, 3.05) is 6.54 Å². The van der Waals surface area contributed by atoms with E-state index in [4.69, 9.17) is 4.74 Å². The van der Waals surface area contributed by atoms with Crippen molar-refractivity contribution < 1.29 is 23.1 Å². The van der Waals surface area contributed by atoms with Gasteiger partial charge >= 0.3 is 5.97 Å². The predicted molar refractivity (Wildman–Crippen MR) is 86.1 cm³/mol. The van der Waals surface area contributed by atoms with Crippen molar-refractivity contribution in [3.63, 3.8) is 0 Å². The normalized spacial score (nSPS) is 19.7. The van der Waals surface area contributed by atoms with E-state index in [0.717, 1.165) is 10.7 Å². The number of piperidine rings is 1. The highest BCUT2D eigenvalue weighted by molar-refractivity contribution is 7.89. The average molecular weight is 341 g/mol. The van der Waals surface area contributed by atoms with Crippen LogP contribution >= 0.6 is 0 Å². The second-order valence-electron chi connectivity index (χ2n) is 6.06. The first-order valence-electron chi connectivity index (χ1n) is 7.75. The number of hydrogen-bond acceptors (Lipinski definition) is 4. The molecular formula is C16H23NO5S. The fourth-order valence-corrected chi connectivity index (χ4v) is 4.48. The van der Waals surface area contributed by atoms with E-state index in [-0.39, 0.29) is 17.5 Å². The number of benzene rings is 1. The van der Waals surface area contributed by atoms with Crippen LogP contribution in [0.5, 0.6) is 5.75 Å². The summed E-state index contributed by atoms with van der Waals surface area (Å²) in [5, 5.41) is 9.29. The smallest absolute Gasteiger partial charge is 0.322 e. The number of hydrogen-bond donors (Lipinski definition) is 1. The van der Waals surface area contributed by atoms with Gasteiger partial charge in [-0.25, -0.2) is 8.42 Å². The van der Waals surface area contributed by atoms with Crippen LogP contribution in [0.15, 0.2) is 23.1 Å². The molecular weight excluding hydrogens is 318 g/mol. The van der Waals surface area contributed by atoms with Crippen LogP contribution in [-0.2, 0) is 14.8 Å². The number of aliphatic carboxylic acids is 1. The topological polar surface area (TPSA) is 83.9 Å². The summed E-state index contributed by atoms with van der Waals surface area (Å²) in [5.74, 6) is -0.461. The van der Waals surface area contributed by atoms with Crippen LogP contribution in [0.3, 0.4) is 0 Å². The van der Waals surface area contributed by atoms with E-state index < -0.39 is 22.0 Å². The lowest BCUT2D eigenvalue weighted by Gasteiger charge is -2.32. The van der Waals surface area contributed by atoms with E-state index in [1.807, 2.05) is 13.8 Å². The highest BCUT2D eigenvalue weighted by atomic mass is 32.2. The van der Waals surface area contributed by atoms with Crippen LogP contribution < -0.4 is 4.74 Å². The van der Waals surface area contributed by atoms with Crippen LogP contribution in [0, 0.1) is 6.92 Å². The third-order valence-electron chi connectivity index (χ3n) is 3.85. The zero-order chi connectivity index (χ0) is 17.2. The van der Waals surface area contributed by atoms with Gasteiger partial charge in [0.25, 0.3) is 0 Å². The average Bonchev–Trinajstić information content (AvgIpc) is 2.48. The molecule has 6 nitrogen and oxygen atoms in total. The van der Waals surface area contributed by atoms with Gasteiger partial charge in [0.1, 0.15) is 11.8 Å². The van der Waals surface area contributed by atoms with E-state index in [0.29, 0.717) is 24.2 Å². The maximum Gasteiger partial charge on any atom is 0.322 e. The molecule has 1 aliphatic rings. The summed E-state index contributed by atoms with van der Waals surface area (Å²) in [6.07, 6.45) is 1.75. The number of carboxylic acids is 1. The van der Waals surface area contributed by atoms with Gasteiger partial charge in [-0.15, -0.1) is 0 Å². The first-order valence-corrected chi connectivity index (χ1v) is 9.19. The number of carboxylic acid groups (broad SMARTS) is 1. The molecule has 7 heteroatoms. The molecule has 0 radical (unpaired) electrons. The van der Waals surface area contributed by atoms with Gasteiger partial charge in [-0.2, -0.15) is 4.31 Å². The molecule has 1 N–H and O–H groups in total. The molecule has 23 heavy (non-hydrogen) atoms. The molecule has 0 bridgehead atoms. The first kappa shape index (κ1) is 17.7. The van der Waals surface area contributed by atoms with Gasteiger partial charge in [-0.3, -0.25) is 4.79 Å². The minimum Gasteiger partial charge on any atom is -0.491 e. The van der Waals surface area contributed by atoms with Crippen LogP contribution in [-0.4, -0.2) is 42.5 Å². The second kappa shape index (κ2) is 6.88. The molecule has 1 aromatic rings. The molecule has 0 saturated carbocycles. The Kier molecular flexibility index (Phi) is 5.31. The predicted octanol–water partition coefficient (Wildman–Crippen LogP) is 2.41. The Bertz CT molecular complexity index is 684. The molecule has 1 fully saturated rings. The zero-order valence-electron chi connectivity index (χ0n) is 13.7. The van der Waals surface area contributed by atoms with E-state index in [9.17, 15) is 18.3 Å². The summed E-state index contributed by atoms with van der Waals surface area (Å²) >= 11 is 0. The van der Waals surface area contributed by atoms with Crippen LogP contribution in [0.1, 0.15) is 38.7 Å². The third kappa shape index (κ3) is 3.84. The maximum absolute atomic E-state index is 12.8. The lowest BCUT2D eigenvalue weighted by Crippen LogP contribution is -2.47. The highest BCUT2D eigenvalue weighted by Gasteiger charge is 2.37. The van der Waals surface area contributed by atoms with Crippen LogP contribution in [0.25, 0.3) is 0 Å². The molecule has 0 spiro atoms. The molecule has 128 valence electrons. The van der Waals surface area contributed by atoms with Gasteiger partial charge in [0.2, 0.25) is 10.0 Å². The van der Waals surface area contributed by atoms with Crippen LogP contribution in [0.4, 0.5) is 0 Å². The van der Waals surface area contributed by atoms with Crippen molar-refractivity contribution in [3.8, 4) is 5.75 Å². The van der Waals surface area contributed by atoms with Gasteiger partial charge in [0.15, 0.2) is 0 Å². The monoisotopic (exact) mass is 341 g/mol. The fraction of sp³-hybridized carbons (Fsp3) is 0.562. The van der Waals surface area contributed by atoms with Crippen molar-refractivity contribution in [2.45, 2.75) is 57.1 Å². The van der Waals surface area contributed by atoms with Gasteiger partial charge < -0.3 is 9.84 Å². The quantitative estimate of drug-likeness (QED) is 0.889. The fourth-order valence-electron chi connectivity index (χ4n) is 2.74. The molecule has 0 amide bonds. The van der Waals surface area contributed by atoms with Gasteiger partial charge in [-0.1, -0.05) is 0 Å². The zero-order valence-corrected chi connectivity index (χ0v) is 14.5. The van der Waals surface area contributed by atoms with Gasteiger partial charge in [0.05, 0.1) is 11.0 Å². The molecule has 0 aromatic heterocycles. The summed E-state index contributed by atoms with van der Waals surface area (Å²) < 4.78 is 32.3. The standard InChI is InChI=1S/C16H23NO5S/c1-11(2)22-15-8-7-13(10-12(15)3)23(20,21)17-9-5-4-6-14(17)16(18)19/h7-8,10-11,14H,4-6,9H2,1-3H3,(H,18,19). The summed E-state index contributed by atoms with van der Waals surface area (Å²) in [7, 11) is -3.83. The Morgan fingerprint density at radius 1 is 1.35 bits per heavy atom. The summed E-state index contributed by atoms with van der Waals surface area (Å²) in [4.78, 5) is 11.5. The molecule has 1 unspecified atom stereocenters. The molecule has 2 rings (SSSR count). The van der Waals surface area contributed by atoms with Crippen molar-refractivity contribution >= 4 is 16.0 Å². The number of aryl methyl sites for hydroxylation is 1. The van der Waals surface area contributed by atoms with Crippen molar-refractivity contribution in [1.82, 2.24) is 4.31 Å². The molecule has 0 aliphatic carbocycles. The lowest BCUT2D eigenvalue weighted by molar-refractivity contribution is -0.142. The number of ether oxygens (including phenoxy) is 1. The lowest BCUT2D eigenvalue weighted by atomic mass is 10.1. The number of nitrogens with zero attached hydrogens (tertiary/aromatic N) is 1. The Morgan fingerprint density at radius 3 is 2.61 bits per heavy atom. The molecule has 1 heterocycles. The van der Waals surface area contributed by atoms with Gasteiger partial charge in [-0.05, 0) is 63.8 Å². The second-order valence-corrected chi connectivity index (χ2v) is 7.95.